The molecule has 0 bridgehead atoms. The summed E-state index contributed by atoms with van der Waals surface area (Å²) in [7, 11) is 0. The highest BCUT2D eigenvalue weighted by Crippen LogP contribution is 2.26. The standard InChI is InChI=1S/C11H16F3N3O2S/c12-11(13,14)7-5-8(18)16-10(15-7)20-6-9(19)17-3-1-2-4-17/h7,10,15H,1-6H2,(H,16,18). The van der Waals surface area contributed by atoms with Crippen LogP contribution in [0.3, 0.4) is 0 Å². The molecule has 2 aliphatic heterocycles. The lowest BCUT2D eigenvalue weighted by Crippen LogP contribution is -2.59. The summed E-state index contributed by atoms with van der Waals surface area (Å²) in [5, 5.41) is 4.71. The summed E-state index contributed by atoms with van der Waals surface area (Å²) in [5.41, 5.74) is -0.880. The first kappa shape index (κ1) is 15.4. The molecular weight excluding hydrogens is 295 g/mol. The largest absolute Gasteiger partial charge is 0.404 e. The van der Waals surface area contributed by atoms with E-state index in [1.165, 1.54) is 0 Å². The Kier molecular flexibility index (Phi) is 4.79. The number of halogens is 3. The van der Waals surface area contributed by atoms with Gasteiger partial charge in [0.15, 0.2) is 0 Å². The molecule has 0 aliphatic carbocycles. The predicted octanol–water partition coefficient (Wildman–Crippen LogP) is 0.666. The van der Waals surface area contributed by atoms with Crippen LogP contribution in [0, 0.1) is 0 Å². The highest BCUT2D eigenvalue weighted by atomic mass is 32.2. The second-order valence-corrected chi connectivity index (χ2v) is 5.90. The number of carbonyl (C=O) groups is 2. The first-order chi connectivity index (χ1) is 9.36. The lowest BCUT2D eigenvalue weighted by Gasteiger charge is -2.32. The number of rotatable bonds is 3. The van der Waals surface area contributed by atoms with E-state index in [0.717, 1.165) is 24.6 Å². The van der Waals surface area contributed by atoms with Crippen LogP contribution < -0.4 is 10.6 Å². The van der Waals surface area contributed by atoms with E-state index in [-0.39, 0.29) is 11.7 Å². The molecule has 2 fully saturated rings. The van der Waals surface area contributed by atoms with Crippen molar-refractivity contribution in [2.24, 2.45) is 0 Å². The zero-order valence-electron chi connectivity index (χ0n) is 10.7. The molecule has 0 radical (unpaired) electrons. The normalized spacial score (nSPS) is 27.6. The van der Waals surface area contributed by atoms with Gasteiger partial charge < -0.3 is 10.2 Å². The van der Waals surface area contributed by atoms with E-state index in [2.05, 4.69) is 10.6 Å². The first-order valence-electron chi connectivity index (χ1n) is 6.38. The van der Waals surface area contributed by atoms with Crippen LogP contribution in [0.15, 0.2) is 0 Å². The van der Waals surface area contributed by atoms with Crippen molar-refractivity contribution in [1.82, 2.24) is 15.5 Å². The van der Waals surface area contributed by atoms with Crippen molar-refractivity contribution in [3.63, 3.8) is 0 Å². The molecule has 2 amide bonds. The summed E-state index contributed by atoms with van der Waals surface area (Å²) < 4.78 is 37.8. The summed E-state index contributed by atoms with van der Waals surface area (Å²) in [6.07, 6.45) is -3.16. The van der Waals surface area contributed by atoms with Gasteiger partial charge in [-0.1, -0.05) is 0 Å². The molecule has 5 nitrogen and oxygen atoms in total. The van der Waals surface area contributed by atoms with Crippen LogP contribution in [0.1, 0.15) is 19.3 Å². The quantitative estimate of drug-likeness (QED) is 0.804. The third-order valence-corrected chi connectivity index (χ3v) is 4.26. The second kappa shape index (κ2) is 6.21. The van der Waals surface area contributed by atoms with Gasteiger partial charge in [0.25, 0.3) is 0 Å². The van der Waals surface area contributed by atoms with Crippen LogP contribution in [0.4, 0.5) is 13.2 Å². The van der Waals surface area contributed by atoms with Gasteiger partial charge in [-0.05, 0) is 12.8 Å². The molecule has 2 atom stereocenters. The molecule has 0 aromatic rings. The van der Waals surface area contributed by atoms with Crippen molar-refractivity contribution in [1.29, 1.82) is 0 Å². The number of nitrogens with one attached hydrogen (secondary N) is 2. The van der Waals surface area contributed by atoms with Crippen molar-refractivity contribution < 1.29 is 22.8 Å². The van der Waals surface area contributed by atoms with Crippen molar-refractivity contribution in [3.8, 4) is 0 Å². The Balaban J connectivity index is 1.82. The smallest absolute Gasteiger partial charge is 0.342 e. The Morgan fingerprint density at radius 1 is 1.35 bits per heavy atom. The highest BCUT2D eigenvalue weighted by molar-refractivity contribution is 8.00. The summed E-state index contributed by atoms with van der Waals surface area (Å²) >= 11 is 0.982. The molecule has 114 valence electrons. The van der Waals surface area contributed by atoms with Gasteiger partial charge in [0.2, 0.25) is 11.8 Å². The molecule has 0 aromatic carbocycles. The van der Waals surface area contributed by atoms with Gasteiger partial charge in [-0.3, -0.25) is 14.9 Å². The number of hydrogen-bond acceptors (Lipinski definition) is 4. The summed E-state index contributed by atoms with van der Waals surface area (Å²) in [5.74, 6) is -0.697. The van der Waals surface area contributed by atoms with Crippen LogP contribution in [-0.4, -0.2) is 53.3 Å². The number of alkyl halides is 3. The van der Waals surface area contributed by atoms with Crippen LogP contribution in [0.2, 0.25) is 0 Å². The lowest BCUT2D eigenvalue weighted by molar-refractivity contribution is -0.167. The minimum Gasteiger partial charge on any atom is -0.342 e. The fourth-order valence-corrected chi connectivity index (χ4v) is 3.15. The average molecular weight is 311 g/mol. The SMILES string of the molecule is O=C1CC(C(F)(F)F)NC(SCC(=O)N2CCCC2)N1. The molecule has 20 heavy (non-hydrogen) atoms. The zero-order valence-corrected chi connectivity index (χ0v) is 11.5. The average Bonchev–Trinajstić information content (AvgIpc) is 2.88. The lowest BCUT2D eigenvalue weighted by atomic mass is 10.1. The topological polar surface area (TPSA) is 61.4 Å². The molecule has 2 aliphatic rings. The Labute approximate surface area is 118 Å². The van der Waals surface area contributed by atoms with Gasteiger partial charge in [-0.25, -0.2) is 0 Å². The minimum absolute atomic E-state index is 0.0581. The van der Waals surface area contributed by atoms with Crippen molar-refractivity contribution in [2.75, 3.05) is 18.8 Å². The van der Waals surface area contributed by atoms with E-state index >= 15 is 0 Å². The van der Waals surface area contributed by atoms with E-state index in [4.69, 9.17) is 0 Å². The van der Waals surface area contributed by atoms with Gasteiger partial charge in [-0.2, -0.15) is 13.2 Å². The molecule has 0 saturated carbocycles. The maximum Gasteiger partial charge on any atom is 0.404 e. The van der Waals surface area contributed by atoms with Crippen LogP contribution in [-0.2, 0) is 9.59 Å². The Hall–Kier alpha value is -0.960. The van der Waals surface area contributed by atoms with Gasteiger partial charge in [0.1, 0.15) is 11.5 Å². The van der Waals surface area contributed by atoms with Gasteiger partial charge in [0, 0.05) is 13.1 Å². The number of nitrogens with zero attached hydrogens (tertiary/aromatic N) is 1. The maximum atomic E-state index is 12.6. The molecule has 2 rings (SSSR count). The molecule has 2 saturated heterocycles. The van der Waals surface area contributed by atoms with Crippen LogP contribution in [0.5, 0.6) is 0 Å². The van der Waals surface area contributed by atoms with E-state index in [0.29, 0.717) is 13.1 Å². The molecular formula is C11H16F3N3O2S. The van der Waals surface area contributed by atoms with Crippen molar-refractivity contribution >= 4 is 23.6 Å². The number of carbonyl (C=O) groups excluding carboxylic acids is 2. The molecule has 2 N–H and O–H groups in total. The molecule has 9 heteroatoms. The summed E-state index contributed by atoms with van der Waals surface area (Å²) in [6, 6.07) is -1.85. The molecule has 0 spiro atoms. The Bertz CT molecular complexity index is 386. The van der Waals surface area contributed by atoms with Crippen LogP contribution in [0.25, 0.3) is 0 Å². The predicted molar refractivity (Wildman–Crippen MR) is 67.8 cm³/mol. The number of likely N-dealkylation sites (tertiary alicyclic amines) is 1. The highest BCUT2D eigenvalue weighted by Gasteiger charge is 2.44. The minimum atomic E-state index is -4.46. The van der Waals surface area contributed by atoms with Gasteiger partial charge >= 0.3 is 6.18 Å². The first-order valence-corrected chi connectivity index (χ1v) is 7.42. The van der Waals surface area contributed by atoms with E-state index < -0.39 is 30.0 Å². The fraction of sp³-hybridized carbons (Fsp3) is 0.818. The van der Waals surface area contributed by atoms with Crippen molar-refractivity contribution in [2.45, 2.75) is 37.0 Å². The van der Waals surface area contributed by atoms with Gasteiger partial charge in [-0.15, -0.1) is 11.8 Å². The van der Waals surface area contributed by atoms with Crippen molar-refractivity contribution in [3.05, 3.63) is 0 Å². The second-order valence-electron chi connectivity index (χ2n) is 4.81. The number of thioether (sulfide) groups is 1. The summed E-state index contributed by atoms with van der Waals surface area (Å²) in [4.78, 5) is 24.8. The fourth-order valence-electron chi connectivity index (χ4n) is 2.19. The van der Waals surface area contributed by atoms with Crippen LogP contribution >= 0.6 is 11.8 Å². The summed E-state index contributed by atoms with van der Waals surface area (Å²) in [6.45, 7) is 1.41. The zero-order chi connectivity index (χ0) is 14.8. The monoisotopic (exact) mass is 311 g/mol. The van der Waals surface area contributed by atoms with E-state index in [9.17, 15) is 22.8 Å². The maximum absolute atomic E-state index is 12.6. The molecule has 0 aromatic heterocycles. The third-order valence-electron chi connectivity index (χ3n) is 3.26. The Morgan fingerprint density at radius 2 is 2.00 bits per heavy atom. The molecule has 2 heterocycles. The number of hydrogen-bond donors (Lipinski definition) is 2. The Morgan fingerprint density at radius 3 is 2.60 bits per heavy atom. The van der Waals surface area contributed by atoms with Gasteiger partial charge in [0.05, 0.1) is 12.2 Å². The third kappa shape index (κ3) is 4.02. The number of amides is 2. The van der Waals surface area contributed by atoms with E-state index in [1.54, 1.807) is 4.90 Å². The van der Waals surface area contributed by atoms with E-state index in [1.807, 2.05) is 0 Å². The molecule has 2 unspecified atom stereocenters.